The number of ether oxygens (including phenoxy) is 1. The van der Waals surface area contributed by atoms with E-state index in [1.807, 2.05) is 0 Å². The molecule has 0 saturated carbocycles. The SMILES string of the molecule is COc1cc2c(cc1CCC(=O)O)CCCC2. The largest absolute Gasteiger partial charge is 0.496 e. The quantitative estimate of drug-likeness (QED) is 0.871. The highest BCUT2D eigenvalue weighted by molar-refractivity contribution is 5.67. The van der Waals surface area contributed by atoms with Crippen molar-refractivity contribution in [2.45, 2.75) is 38.5 Å². The first kappa shape index (κ1) is 12.0. The fraction of sp³-hybridized carbons (Fsp3) is 0.500. The van der Waals surface area contributed by atoms with Crippen LogP contribution in [0.3, 0.4) is 0 Å². The Morgan fingerprint density at radius 1 is 1.29 bits per heavy atom. The van der Waals surface area contributed by atoms with Crippen molar-refractivity contribution in [3.63, 3.8) is 0 Å². The average Bonchev–Trinajstić information content (AvgIpc) is 2.35. The third kappa shape index (κ3) is 2.78. The Bertz CT molecular complexity index is 424. The minimum atomic E-state index is -0.759. The van der Waals surface area contributed by atoms with E-state index < -0.39 is 5.97 Å². The first-order chi connectivity index (χ1) is 8.20. The standard InChI is InChI=1S/C14H18O3/c1-17-13-9-11-5-3-2-4-10(11)8-12(13)6-7-14(15)16/h8-9H,2-7H2,1H3,(H,15,16). The number of carbonyl (C=O) groups is 1. The maximum absolute atomic E-state index is 10.6. The van der Waals surface area contributed by atoms with Gasteiger partial charge in [0.2, 0.25) is 0 Å². The summed E-state index contributed by atoms with van der Waals surface area (Å²) in [6.07, 6.45) is 5.41. The molecule has 0 aromatic heterocycles. The number of carboxylic acids is 1. The zero-order chi connectivity index (χ0) is 12.3. The van der Waals surface area contributed by atoms with Crippen molar-refractivity contribution in [2.24, 2.45) is 0 Å². The summed E-state index contributed by atoms with van der Waals surface area (Å²) in [6, 6.07) is 4.22. The molecule has 1 N–H and O–H groups in total. The molecule has 3 nitrogen and oxygen atoms in total. The number of aliphatic carboxylic acids is 1. The molecule has 1 aliphatic rings. The van der Waals surface area contributed by atoms with Gasteiger partial charge in [0.25, 0.3) is 0 Å². The number of hydrogen-bond donors (Lipinski definition) is 1. The van der Waals surface area contributed by atoms with E-state index in [1.165, 1.54) is 24.0 Å². The highest BCUT2D eigenvalue weighted by atomic mass is 16.5. The van der Waals surface area contributed by atoms with Gasteiger partial charge in [-0.3, -0.25) is 4.79 Å². The Balaban J connectivity index is 2.26. The summed E-state index contributed by atoms with van der Waals surface area (Å²) in [7, 11) is 1.65. The maximum Gasteiger partial charge on any atom is 0.303 e. The summed E-state index contributed by atoms with van der Waals surface area (Å²) in [6.45, 7) is 0. The number of fused-ring (bicyclic) bond motifs is 1. The van der Waals surface area contributed by atoms with Gasteiger partial charge in [-0.15, -0.1) is 0 Å². The number of hydrogen-bond acceptors (Lipinski definition) is 2. The Kier molecular flexibility index (Phi) is 3.67. The van der Waals surface area contributed by atoms with Gasteiger partial charge in [0, 0.05) is 6.42 Å². The molecular formula is C14H18O3. The summed E-state index contributed by atoms with van der Waals surface area (Å²) in [5.41, 5.74) is 3.76. The molecule has 0 saturated heterocycles. The van der Waals surface area contributed by atoms with Crippen molar-refractivity contribution in [1.29, 1.82) is 0 Å². The second-order valence-electron chi connectivity index (χ2n) is 4.53. The van der Waals surface area contributed by atoms with Crippen LogP contribution in [0.2, 0.25) is 0 Å². The Hall–Kier alpha value is -1.51. The van der Waals surface area contributed by atoms with Gasteiger partial charge < -0.3 is 9.84 Å². The van der Waals surface area contributed by atoms with E-state index in [2.05, 4.69) is 12.1 Å². The molecule has 1 aromatic rings. The molecule has 17 heavy (non-hydrogen) atoms. The maximum atomic E-state index is 10.6. The van der Waals surface area contributed by atoms with Gasteiger partial charge in [0.15, 0.2) is 0 Å². The molecule has 0 aliphatic heterocycles. The molecule has 1 aliphatic carbocycles. The fourth-order valence-corrected chi connectivity index (χ4v) is 2.44. The molecule has 1 aromatic carbocycles. The summed E-state index contributed by atoms with van der Waals surface area (Å²) < 4.78 is 5.35. The zero-order valence-corrected chi connectivity index (χ0v) is 10.2. The van der Waals surface area contributed by atoms with Crippen LogP contribution in [0.25, 0.3) is 0 Å². The molecule has 3 heteroatoms. The Morgan fingerprint density at radius 2 is 1.94 bits per heavy atom. The number of carboxylic acid groups (broad SMARTS) is 1. The molecule has 0 bridgehead atoms. The monoisotopic (exact) mass is 234 g/mol. The van der Waals surface area contributed by atoms with E-state index in [0.717, 1.165) is 24.2 Å². The van der Waals surface area contributed by atoms with Crippen LogP contribution in [-0.2, 0) is 24.1 Å². The third-order valence-corrected chi connectivity index (χ3v) is 3.35. The normalized spacial score (nSPS) is 14.2. The molecule has 0 heterocycles. The number of benzene rings is 1. The molecule has 92 valence electrons. The van der Waals surface area contributed by atoms with E-state index >= 15 is 0 Å². The molecular weight excluding hydrogens is 216 g/mol. The van der Waals surface area contributed by atoms with E-state index in [1.54, 1.807) is 7.11 Å². The van der Waals surface area contributed by atoms with Crippen LogP contribution in [-0.4, -0.2) is 18.2 Å². The van der Waals surface area contributed by atoms with Crippen LogP contribution >= 0.6 is 0 Å². The van der Waals surface area contributed by atoms with E-state index in [4.69, 9.17) is 9.84 Å². The van der Waals surface area contributed by atoms with Crippen molar-refractivity contribution < 1.29 is 14.6 Å². The second kappa shape index (κ2) is 5.21. The lowest BCUT2D eigenvalue weighted by atomic mass is 9.89. The second-order valence-corrected chi connectivity index (χ2v) is 4.53. The number of methoxy groups -OCH3 is 1. The summed E-state index contributed by atoms with van der Waals surface area (Å²) in [4.78, 5) is 10.6. The smallest absolute Gasteiger partial charge is 0.303 e. The Labute approximate surface area is 101 Å². The van der Waals surface area contributed by atoms with Crippen LogP contribution < -0.4 is 4.74 Å². The van der Waals surface area contributed by atoms with Crippen molar-refractivity contribution in [3.8, 4) is 5.75 Å². The van der Waals surface area contributed by atoms with Gasteiger partial charge in [-0.1, -0.05) is 6.07 Å². The summed E-state index contributed by atoms with van der Waals surface area (Å²) >= 11 is 0. The van der Waals surface area contributed by atoms with Crippen molar-refractivity contribution in [3.05, 3.63) is 28.8 Å². The lowest BCUT2D eigenvalue weighted by Crippen LogP contribution is -2.06. The Morgan fingerprint density at radius 3 is 2.53 bits per heavy atom. The lowest BCUT2D eigenvalue weighted by Gasteiger charge is -2.19. The molecule has 2 rings (SSSR count). The van der Waals surface area contributed by atoms with Gasteiger partial charge in [0.05, 0.1) is 7.11 Å². The first-order valence-electron chi connectivity index (χ1n) is 6.11. The minimum Gasteiger partial charge on any atom is -0.496 e. The average molecular weight is 234 g/mol. The van der Waals surface area contributed by atoms with Crippen molar-refractivity contribution in [1.82, 2.24) is 0 Å². The van der Waals surface area contributed by atoms with Crippen LogP contribution in [0.5, 0.6) is 5.75 Å². The van der Waals surface area contributed by atoms with Crippen LogP contribution in [0.15, 0.2) is 12.1 Å². The topological polar surface area (TPSA) is 46.5 Å². The lowest BCUT2D eigenvalue weighted by molar-refractivity contribution is -0.136. The molecule has 0 atom stereocenters. The van der Waals surface area contributed by atoms with Gasteiger partial charge in [-0.2, -0.15) is 0 Å². The molecule has 0 spiro atoms. The summed E-state index contributed by atoms with van der Waals surface area (Å²) in [5, 5.41) is 8.74. The minimum absolute atomic E-state index is 0.162. The van der Waals surface area contributed by atoms with Crippen molar-refractivity contribution >= 4 is 5.97 Å². The highest BCUT2D eigenvalue weighted by Crippen LogP contribution is 2.29. The van der Waals surface area contributed by atoms with E-state index in [-0.39, 0.29) is 6.42 Å². The third-order valence-electron chi connectivity index (χ3n) is 3.35. The van der Waals surface area contributed by atoms with Crippen LogP contribution in [0.1, 0.15) is 36.0 Å². The van der Waals surface area contributed by atoms with Crippen molar-refractivity contribution in [2.75, 3.05) is 7.11 Å². The van der Waals surface area contributed by atoms with Crippen LogP contribution in [0, 0.1) is 0 Å². The highest BCUT2D eigenvalue weighted by Gasteiger charge is 2.14. The molecule has 0 unspecified atom stereocenters. The van der Waals surface area contributed by atoms with Gasteiger partial charge in [-0.05, 0) is 54.9 Å². The molecule has 0 amide bonds. The molecule has 0 radical (unpaired) electrons. The zero-order valence-electron chi connectivity index (χ0n) is 10.2. The summed E-state index contributed by atoms with van der Waals surface area (Å²) in [5.74, 6) is 0.0803. The predicted molar refractivity (Wildman–Crippen MR) is 65.6 cm³/mol. The first-order valence-corrected chi connectivity index (χ1v) is 6.11. The van der Waals surface area contributed by atoms with Gasteiger partial charge in [-0.25, -0.2) is 0 Å². The van der Waals surface area contributed by atoms with Crippen LogP contribution in [0.4, 0.5) is 0 Å². The predicted octanol–water partition coefficient (Wildman–Crippen LogP) is 2.59. The fourth-order valence-electron chi connectivity index (χ4n) is 2.44. The number of aryl methyl sites for hydroxylation is 3. The van der Waals surface area contributed by atoms with Gasteiger partial charge >= 0.3 is 5.97 Å². The van der Waals surface area contributed by atoms with Gasteiger partial charge in [0.1, 0.15) is 5.75 Å². The molecule has 0 fully saturated rings. The van der Waals surface area contributed by atoms with E-state index in [9.17, 15) is 4.79 Å². The number of rotatable bonds is 4. The van der Waals surface area contributed by atoms with E-state index in [0.29, 0.717) is 6.42 Å².